The molecule has 4 nitrogen and oxygen atoms in total. The number of aliphatic carboxylic acids is 1. The van der Waals surface area contributed by atoms with E-state index in [1.807, 2.05) is 6.07 Å². The minimum absolute atomic E-state index is 0.0648. The summed E-state index contributed by atoms with van der Waals surface area (Å²) in [5.74, 6) is -0.448. The Labute approximate surface area is 198 Å². The highest BCUT2D eigenvalue weighted by Gasteiger charge is 2.37. The molecular formula is C27H34F3NO3. The number of hydrogen-bond donors (Lipinski definition) is 2. The largest absolute Gasteiger partial charge is 0.490 e. The van der Waals surface area contributed by atoms with E-state index in [1.165, 1.54) is 6.07 Å². The zero-order valence-corrected chi connectivity index (χ0v) is 19.7. The minimum Gasteiger partial charge on any atom is -0.490 e. The lowest BCUT2D eigenvalue weighted by Crippen LogP contribution is -2.36. The van der Waals surface area contributed by atoms with E-state index >= 15 is 0 Å². The lowest BCUT2D eigenvalue weighted by atomic mass is 9.86. The summed E-state index contributed by atoms with van der Waals surface area (Å²) in [5, 5.41) is 13.3. The number of hydrogen-bond acceptors (Lipinski definition) is 3. The van der Waals surface area contributed by atoms with Gasteiger partial charge in [-0.2, -0.15) is 13.2 Å². The smallest absolute Gasteiger partial charge is 0.420 e. The Balaban J connectivity index is 1.46. The summed E-state index contributed by atoms with van der Waals surface area (Å²) < 4.78 is 48.4. The molecule has 0 aromatic heterocycles. The molecule has 0 unspecified atom stereocenters. The summed E-state index contributed by atoms with van der Waals surface area (Å²) in [6.45, 7) is 2.82. The average Bonchev–Trinajstić information content (AvgIpc) is 2.80. The standard InChI is InChI=1S/C27H34F3NO3/c1-17-2-11-22(12-3-17)34-24-13-8-19-5-4-18(16-23(19)25(24)27(28,29)30)14-15-31-21-9-6-20(7-10-21)26(32)33/h4-5,8,13,16-17,20-22,31H,2-3,6-7,9-12,14-15H2,1H3,(H,32,33). The van der Waals surface area contributed by atoms with Crippen molar-refractivity contribution in [1.29, 1.82) is 0 Å². The normalized spacial score (nSPS) is 25.9. The van der Waals surface area contributed by atoms with Gasteiger partial charge in [0.15, 0.2) is 0 Å². The van der Waals surface area contributed by atoms with Gasteiger partial charge in [-0.1, -0.05) is 31.2 Å². The SMILES string of the molecule is CC1CCC(Oc2ccc3ccc(CCNC4CCC(C(=O)O)CC4)cc3c2C(F)(F)F)CC1. The van der Waals surface area contributed by atoms with Crippen LogP contribution in [0.25, 0.3) is 10.8 Å². The third kappa shape index (κ3) is 6.04. The summed E-state index contributed by atoms with van der Waals surface area (Å²) in [6, 6.07) is 8.74. The second-order valence-corrected chi connectivity index (χ2v) is 10.1. The number of benzene rings is 2. The minimum atomic E-state index is -4.50. The van der Waals surface area contributed by atoms with Crippen LogP contribution in [0.2, 0.25) is 0 Å². The molecular weight excluding hydrogens is 443 g/mol. The summed E-state index contributed by atoms with van der Waals surface area (Å²) in [6.07, 6.45) is 2.44. The Morgan fingerprint density at radius 3 is 2.35 bits per heavy atom. The molecule has 34 heavy (non-hydrogen) atoms. The first-order valence-electron chi connectivity index (χ1n) is 12.5. The van der Waals surface area contributed by atoms with Crippen LogP contribution in [0.15, 0.2) is 30.3 Å². The van der Waals surface area contributed by atoms with Crippen molar-refractivity contribution in [2.45, 2.75) is 83.0 Å². The number of rotatable bonds is 7. The Bertz CT molecular complexity index is 991. The average molecular weight is 478 g/mol. The lowest BCUT2D eigenvalue weighted by Gasteiger charge is -2.28. The maximum absolute atomic E-state index is 14.2. The molecule has 0 amide bonds. The zero-order valence-electron chi connectivity index (χ0n) is 19.7. The molecule has 0 aliphatic heterocycles. The molecule has 7 heteroatoms. The van der Waals surface area contributed by atoms with Crippen LogP contribution in [0.3, 0.4) is 0 Å². The predicted octanol–water partition coefficient (Wildman–Crippen LogP) is 6.59. The van der Waals surface area contributed by atoms with Crippen molar-refractivity contribution >= 4 is 16.7 Å². The molecule has 0 radical (unpaired) electrons. The van der Waals surface area contributed by atoms with Crippen molar-refractivity contribution in [2.24, 2.45) is 11.8 Å². The Kier molecular flexibility index (Phi) is 7.70. The Morgan fingerprint density at radius 1 is 1.03 bits per heavy atom. The molecule has 0 atom stereocenters. The van der Waals surface area contributed by atoms with Gasteiger partial charge in [0.25, 0.3) is 0 Å². The van der Waals surface area contributed by atoms with Gasteiger partial charge in [-0.25, -0.2) is 0 Å². The first kappa shape index (κ1) is 24.8. The molecule has 2 aromatic carbocycles. The van der Waals surface area contributed by atoms with Gasteiger partial charge in [0, 0.05) is 6.04 Å². The maximum atomic E-state index is 14.2. The van der Waals surface area contributed by atoms with Gasteiger partial charge in [-0.05, 0) is 92.7 Å². The van der Waals surface area contributed by atoms with Gasteiger partial charge in [0.2, 0.25) is 0 Å². The highest BCUT2D eigenvalue weighted by atomic mass is 19.4. The first-order valence-corrected chi connectivity index (χ1v) is 12.5. The van der Waals surface area contributed by atoms with E-state index in [0.29, 0.717) is 37.1 Å². The molecule has 2 fully saturated rings. The summed E-state index contributed by atoms with van der Waals surface area (Å²) in [4.78, 5) is 11.1. The molecule has 0 heterocycles. The number of alkyl halides is 3. The van der Waals surface area contributed by atoms with Gasteiger partial charge in [-0.15, -0.1) is 0 Å². The van der Waals surface area contributed by atoms with Crippen molar-refractivity contribution in [3.05, 3.63) is 41.5 Å². The number of fused-ring (bicyclic) bond motifs is 1. The number of carbonyl (C=O) groups is 1. The van der Waals surface area contributed by atoms with E-state index in [-0.39, 0.29) is 29.2 Å². The van der Waals surface area contributed by atoms with E-state index in [1.54, 1.807) is 18.2 Å². The van der Waals surface area contributed by atoms with Crippen LogP contribution in [0.1, 0.15) is 69.4 Å². The van der Waals surface area contributed by atoms with E-state index < -0.39 is 17.7 Å². The van der Waals surface area contributed by atoms with Crippen LogP contribution in [0, 0.1) is 11.8 Å². The quantitative estimate of drug-likeness (QED) is 0.472. The van der Waals surface area contributed by atoms with Gasteiger partial charge < -0.3 is 15.2 Å². The highest BCUT2D eigenvalue weighted by molar-refractivity contribution is 5.89. The zero-order chi connectivity index (χ0) is 24.3. The second-order valence-electron chi connectivity index (χ2n) is 10.1. The molecule has 0 saturated heterocycles. The van der Waals surface area contributed by atoms with Gasteiger partial charge in [0.05, 0.1) is 12.0 Å². The lowest BCUT2D eigenvalue weighted by molar-refractivity contribution is -0.143. The van der Waals surface area contributed by atoms with Crippen molar-refractivity contribution < 1.29 is 27.8 Å². The van der Waals surface area contributed by atoms with E-state index in [4.69, 9.17) is 9.84 Å². The van der Waals surface area contributed by atoms with Crippen LogP contribution >= 0.6 is 0 Å². The topological polar surface area (TPSA) is 58.6 Å². The number of ether oxygens (including phenoxy) is 1. The highest BCUT2D eigenvalue weighted by Crippen LogP contribution is 2.43. The Hall–Kier alpha value is -2.28. The van der Waals surface area contributed by atoms with E-state index in [9.17, 15) is 18.0 Å². The second kappa shape index (κ2) is 10.5. The molecule has 186 valence electrons. The third-order valence-electron chi connectivity index (χ3n) is 7.51. The molecule has 0 bridgehead atoms. The number of carboxylic acid groups (broad SMARTS) is 1. The number of halogens is 3. The van der Waals surface area contributed by atoms with Crippen molar-refractivity contribution in [3.63, 3.8) is 0 Å². The van der Waals surface area contributed by atoms with Crippen LogP contribution < -0.4 is 10.1 Å². The van der Waals surface area contributed by atoms with Crippen LogP contribution in [0.4, 0.5) is 13.2 Å². The monoisotopic (exact) mass is 477 g/mol. The van der Waals surface area contributed by atoms with E-state index in [0.717, 1.165) is 44.1 Å². The number of carboxylic acids is 1. The Morgan fingerprint density at radius 2 is 1.71 bits per heavy atom. The van der Waals surface area contributed by atoms with Crippen molar-refractivity contribution in [1.82, 2.24) is 5.32 Å². The first-order chi connectivity index (χ1) is 16.2. The fourth-order valence-electron chi connectivity index (χ4n) is 5.38. The summed E-state index contributed by atoms with van der Waals surface area (Å²) >= 11 is 0. The van der Waals surface area contributed by atoms with Crippen molar-refractivity contribution in [2.75, 3.05) is 6.54 Å². The van der Waals surface area contributed by atoms with Gasteiger partial charge >= 0.3 is 12.1 Å². The number of nitrogens with one attached hydrogen (secondary N) is 1. The fourth-order valence-corrected chi connectivity index (χ4v) is 5.38. The van der Waals surface area contributed by atoms with Gasteiger partial charge in [-0.3, -0.25) is 4.79 Å². The summed E-state index contributed by atoms with van der Waals surface area (Å²) in [7, 11) is 0. The van der Waals surface area contributed by atoms with Crippen LogP contribution in [-0.4, -0.2) is 29.8 Å². The molecule has 0 spiro atoms. The molecule has 2 aliphatic rings. The maximum Gasteiger partial charge on any atom is 0.420 e. The molecule has 4 rings (SSSR count). The van der Waals surface area contributed by atoms with Crippen LogP contribution in [0.5, 0.6) is 5.75 Å². The van der Waals surface area contributed by atoms with Gasteiger partial charge in [0.1, 0.15) is 11.3 Å². The molecule has 2 aliphatic carbocycles. The van der Waals surface area contributed by atoms with Crippen LogP contribution in [-0.2, 0) is 17.4 Å². The van der Waals surface area contributed by atoms with E-state index in [2.05, 4.69) is 12.2 Å². The summed E-state index contributed by atoms with van der Waals surface area (Å²) in [5.41, 5.74) is 0.166. The molecule has 2 saturated carbocycles. The van der Waals surface area contributed by atoms with Crippen molar-refractivity contribution in [3.8, 4) is 5.75 Å². The predicted molar refractivity (Wildman–Crippen MR) is 126 cm³/mol. The molecule has 2 N–H and O–H groups in total. The molecule has 2 aromatic rings. The third-order valence-corrected chi connectivity index (χ3v) is 7.51. The fraction of sp³-hybridized carbons (Fsp3) is 0.593.